The fourth-order valence-electron chi connectivity index (χ4n) is 2.16. The lowest BCUT2D eigenvalue weighted by Gasteiger charge is -2.17. The van der Waals surface area contributed by atoms with Gasteiger partial charge in [0.1, 0.15) is 0 Å². The van der Waals surface area contributed by atoms with Gasteiger partial charge in [-0.05, 0) is 18.6 Å². The van der Waals surface area contributed by atoms with Gasteiger partial charge in [-0.3, -0.25) is 4.98 Å². The molecule has 0 unspecified atom stereocenters. The van der Waals surface area contributed by atoms with Crippen LogP contribution in [0.4, 0.5) is 0 Å². The van der Waals surface area contributed by atoms with Crippen LogP contribution in [-0.4, -0.2) is 19.2 Å². The van der Waals surface area contributed by atoms with Crippen LogP contribution in [0.15, 0.2) is 36.5 Å². The van der Waals surface area contributed by atoms with E-state index in [1.165, 1.54) is 0 Å². The van der Waals surface area contributed by atoms with Crippen molar-refractivity contribution in [2.75, 3.05) is 14.2 Å². The monoisotopic (exact) mass is 306 g/mol. The number of nitrogens with one attached hydrogen (secondary N) is 1. The molecule has 1 aromatic heterocycles. The maximum Gasteiger partial charge on any atom is 0.183 e. The van der Waals surface area contributed by atoms with Crippen LogP contribution in [0.2, 0.25) is 5.02 Å². The first kappa shape index (κ1) is 15.6. The van der Waals surface area contributed by atoms with Crippen molar-refractivity contribution in [2.24, 2.45) is 0 Å². The third-order valence-electron chi connectivity index (χ3n) is 3.31. The minimum Gasteiger partial charge on any atom is -0.493 e. The molecule has 0 spiro atoms. The summed E-state index contributed by atoms with van der Waals surface area (Å²) in [6, 6.07) is 9.68. The summed E-state index contributed by atoms with van der Waals surface area (Å²) in [4.78, 5) is 4.35. The Balaban J connectivity index is 2.11. The molecule has 0 saturated heterocycles. The Morgan fingerprint density at radius 3 is 2.62 bits per heavy atom. The molecule has 0 aliphatic rings. The highest BCUT2D eigenvalue weighted by molar-refractivity contribution is 6.31. The zero-order chi connectivity index (χ0) is 15.2. The smallest absolute Gasteiger partial charge is 0.183 e. The van der Waals surface area contributed by atoms with Crippen molar-refractivity contribution in [3.8, 4) is 11.5 Å². The van der Waals surface area contributed by atoms with Gasteiger partial charge in [-0.15, -0.1) is 0 Å². The Morgan fingerprint density at radius 2 is 1.95 bits per heavy atom. The zero-order valence-electron chi connectivity index (χ0n) is 12.4. The van der Waals surface area contributed by atoms with Gasteiger partial charge < -0.3 is 14.8 Å². The number of hydrogen-bond donors (Lipinski definition) is 1. The molecule has 5 heteroatoms. The summed E-state index contributed by atoms with van der Waals surface area (Å²) in [6.45, 7) is 2.63. The molecule has 1 aromatic carbocycles. The lowest BCUT2D eigenvalue weighted by Crippen LogP contribution is -2.19. The SMILES string of the molecule is COc1ccnc(CN[C@H](C)c2ccccc2Cl)c1OC. The standard InChI is InChI=1S/C16H19ClN2O2/c1-11(12-6-4-5-7-13(12)17)19-10-14-16(21-3)15(20-2)8-9-18-14/h4-9,11,19H,10H2,1-3H3/t11-/m1/s1. The Labute approximate surface area is 130 Å². The highest BCUT2D eigenvalue weighted by Crippen LogP contribution is 2.29. The fourth-order valence-corrected chi connectivity index (χ4v) is 2.46. The number of rotatable bonds is 6. The van der Waals surface area contributed by atoms with Crippen molar-refractivity contribution in [1.82, 2.24) is 10.3 Å². The second-order valence-electron chi connectivity index (χ2n) is 4.62. The second kappa shape index (κ2) is 7.29. The third kappa shape index (κ3) is 3.65. The van der Waals surface area contributed by atoms with E-state index in [2.05, 4.69) is 17.2 Å². The largest absolute Gasteiger partial charge is 0.493 e. The molecule has 1 heterocycles. The van der Waals surface area contributed by atoms with Crippen molar-refractivity contribution in [2.45, 2.75) is 19.5 Å². The first-order valence-electron chi connectivity index (χ1n) is 6.71. The summed E-state index contributed by atoms with van der Waals surface area (Å²) >= 11 is 6.21. The van der Waals surface area contributed by atoms with Gasteiger partial charge >= 0.3 is 0 Å². The summed E-state index contributed by atoms with van der Waals surface area (Å²) in [5.74, 6) is 1.33. The van der Waals surface area contributed by atoms with E-state index in [1.54, 1.807) is 26.5 Å². The average Bonchev–Trinajstić information content (AvgIpc) is 2.52. The number of halogens is 1. The maximum absolute atomic E-state index is 6.21. The Kier molecular flexibility index (Phi) is 5.42. The van der Waals surface area contributed by atoms with Gasteiger partial charge in [0.15, 0.2) is 11.5 Å². The van der Waals surface area contributed by atoms with Gasteiger partial charge in [-0.1, -0.05) is 29.8 Å². The van der Waals surface area contributed by atoms with Crippen LogP contribution in [0, 0.1) is 0 Å². The van der Waals surface area contributed by atoms with Crippen LogP contribution in [0.25, 0.3) is 0 Å². The summed E-state index contributed by atoms with van der Waals surface area (Å²) in [5.41, 5.74) is 1.86. The number of pyridine rings is 1. The van der Waals surface area contributed by atoms with E-state index in [-0.39, 0.29) is 6.04 Å². The minimum atomic E-state index is 0.108. The van der Waals surface area contributed by atoms with Crippen LogP contribution in [0.3, 0.4) is 0 Å². The number of nitrogens with zero attached hydrogens (tertiary/aromatic N) is 1. The highest BCUT2D eigenvalue weighted by atomic mass is 35.5. The number of hydrogen-bond acceptors (Lipinski definition) is 4. The number of ether oxygens (including phenoxy) is 2. The van der Waals surface area contributed by atoms with Gasteiger partial charge in [0.05, 0.1) is 19.9 Å². The topological polar surface area (TPSA) is 43.4 Å². The summed E-state index contributed by atoms with van der Waals surface area (Å²) < 4.78 is 10.6. The Morgan fingerprint density at radius 1 is 1.19 bits per heavy atom. The summed E-state index contributed by atoms with van der Waals surface area (Å²) in [6.07, 6.45) is 1.71. The maximum atomic E-state index is 6.21. The number of benzene rings is 1. The Bertz CT molecular complexity index is 605. The lowest BCUT2D eigenvalue weighted by molar-refractivity contribution is 0.347. The average molecular weight is 307 g/mol. The van der Waals surface area contributed by atoms with E-state index in [0.717, 1.165) is 16.3 Å². The Hall–Kier alpha value is -1.78. The molecule has 0 aliphatic heterocycles. The van der Waals surface area contributed by atoms with Gasteiger partial charge in [0.25, 0.3) is 0 Å². The normalized spacial score (nSPS) is 12.0. The van der Waals surface area contributed by atoms with Crippen LogP contribution < -0.4 is 14.8 Å². The molecule has 0 bridgehead atoms. The van der Waals surface area contributed by atoms with Crippen LogP contribution in [-0.2, 0) is 6.54 Å². The van der Waals surface area contributed by atoms with E-state index in [0.29, 0.717) is 18.0 Å². The molecule has 4 nitrogen and oxygen atoms in total. The van der Waals surface area contributed by atoms with Gasteiger partial charge in [-0.25, -0.2) is 0 Å². The first-order chi connectivity index (χ1) is 10.2. The number of methoxy groups -OCH3 is 2. The predicted molar refractivity (Wildman–Crippen MR) is 84.0 cm³/mol. The van der Waals surface area contributed by atoms with E-state index < -0.39 is 0 Å². The highest BCUT2D eigenvalue weighted by Gasteiger charge is 2.13. The minimum absolute atomic E-state index is 0.108. The molecule has 0 amide bonds. The summed E-state index contributed by atoms with van der Waals surface area (Å²) in [7, 11) is 3.22. The van der Waals surface area contributed by atoms with Gasteiger partial charge in [0, 0.05) is 29.9 Å². The molecule has 2 rings (SSSR count). The van der Waals surface area contributed by atoms with Crippen LogP contribution in [0.5, 0.6) is 11.5 Å². The molecule has 2 aromatic rings. The molecule has 0 aliphatic carbocycles. The van der Waals surface area contributed by atoms with E-state index in [9.17, 15) is 0 Å². The molecular weight excluding hydrogens is 288 g/mol. The van der Waals surface area contributed by atoms with Crippen molar-refractivity contribution in [3.63, 3.8) is 0 Å². The lowest BCUT2D eigenvalue weighted by atomic mass is 10.1. The molecule has 21 heavy (non-hydrogen) atoms. The molecule has 1 N–H and O–H groups in total. The molecule has 1 atom stereocenters. The van der Waals surface area contributed by atoms with Crippen molar-refractivity contribution in [3.05, 3.63) is 52.8 Å². The van der Waals surface area contributed by atoms with Crippen LogP contribution in [0.1, 0.15) is 24.2 Å². The molecule has 112 valence electrons. The first-order valence-corrected chi connectivity index (χ1v) is 7.08. The fraction of sp³-hybridized carbons (Fsp3) is 0.312. The molecule has 0 fully saturated rings. The predicted octanol–water partition coefficient (Wildman–Crippen LogP) is 3.60. The summed E-state index contributed by atoms with van der Waals surface area (Å²) in [5, 5.41) is 4.15. The van der Waals surface area contributed by atoms with Crippen LogP contribution >= 0.6 is 11.6 Å². The van der Waals surface area contributed by atoms with Crippen molar-refractivity contribution < 1.29 is 9.47 Å². The van der Waals surface area contributed by atoms with Gasteiger partial charge in [0.2, 0.25) is 0 Å². The number of aromatic nitrogens is 1. The van der Waals surface area contributed by atoms with Gasteiger partial charge in [-0.2, -0.15) is 0 Å². The van der Waals surface area contributed by atoms with E-state index >= 15 is 0 Å². The van der Waals surface area contributed by atoms with Crippen molar-refractivity contribution in [1.29, 1.82) is 0 Å². The van der Waals surface area contributed by atoms with E-state index in [1.807, 2.05) is 24.3 Å². The second-order valence-corrected chi connectivity index (χ2v) is 5.02. The van der Waals surface area contributed by atoms with E-state index in [4.69, 9.17) is 21.1 Å². The zero-order valence-corrected chi connectivity index (χ0v) is 13.1. The quantitative estimate of drug-likeness (QED) is 0.885. The van der Waals surface area contributed by atoms with Crippen molar-refractivity contribution >= 4 is 11.6 Å². The molecular formula is C16H19ClN2O2. The third-order valence-corrected chi connectivity index (χ3v) is 3.66. The molecule has 0 saturated carbocycles. The molecule has 0 radical (unpaired) electrons.